The van der Waals surface area contributed by atoms with Gasteiger partial charge in [-0.3, -0.25) is 14.9 Å². The summed E-state index contributed by atoms with van der Waals surface area (Å²) in [7, 11) is -4.08. The van der Waals surface area contributed by atoms with Gasteiger partial charge in [-0.05, 0) is 13.0 Å². The zero-order valence-electron chi connectivity index (χ0n) is 8.78. The SMILES string of the molecule is CCN1C(=O)c2cccc([N+](=O)[O-])c2S1(=O)=O. The number of hydrogen-bond acceptors (Lipinski definition) is 5. The van der Waals surface area contributed by atoms with Crippen LogP contribution in [0.2, 0.25) is 0 Å². The summed E-state index contributed by atoms with van der Waals surface area (Å²) in [4.78, 5) is 21.2. The van der Waals surface area contributed by atoms with Crippen LogP contribution in [0.1, 0.15) is 17.3 Å². The highest BCUT2D eigenvalue weighted by Gasteiger charge is 2.45. The largest absolute Gasteiger partial charge is 0.290 e. The molecule has 2 rings (SSSR count). The van der Waals surface area contributed by atoms with Crippen LogP contribution >= 0.6 is 0 Å². The number of carbonyl (C=O) groups excluding carboxylic acids is 1. The molecule has 7 nitrogen and oxygen atoms in total. The van der Waals surface area contributed by atoms with E-state index in [1.165, 1.54) is 19.1 Å². The molecule has 1 aliphatic heterocycles. The molecule has 0 N–H and O–H groups in total. The van der Waals surface area contributed by atoms with E-state index < -0.39 is 31.4 Å². The van der Waals surface area contributed by atoms with Crippen LogP contribution in [0.3, 0.4) is 0 Å². The van der Waals surface area contributed by atoms with E-state index in [0.29, 0.717) is 4.31 Å². The van der Waals surface area contributed by atoms with Crippen LogP contribution in [0.5, 0.6) is 0 Å². The van der Waals surface area contributed by atoms with Gasteiger partial charge in [-0.15, -0.1) is 0 Å². The number of nitrogens with zero attached hydrogens (tertiary/aromatic N) is 2. The lowest BCUT2D eigenvalue weighted by molar-refractivity contribution is -0.387. The molecule has 1 heterocycles. The summed E-state index contributed by atoms with van der Waals surface area (Å²) in [6, 6.07) is 3.64. The monoisotopic (exact) mass is 256 g/mol. The lowest BCUT2D eigenvalue weighted by Gasteiger charge is -2.10. The first kappa shape index (κ1) is 11.5. The van der Waals surface area contributed by atoms with Crippen LogP contribution in [0.15, 0.2) is 23.1 Å². The van der Waals surface area contributed by atoms with E-state index >= 15 is 0 Å². The van der Waals surface area contributed by atoms with Crippen molar-refractivity contribution in [2.45, 2.75) is 11.8 Å². The summed E-state index contributed by atoms with van der Waals surface area (Å²) >= 11 is 0. The molecule has 17 heavy (non-hydrogen) atoms. The van der Waals surface area contributed by atoms with E-state index in [0.717, 1.165) is 6.07 Å². The molecule has 1 amide bonds. The van der Waals surface area contributed by atoms with E-state index in [4.69, 9.17) is 0 Å². The summed E-state index contributed by atoms with van der Waals surface area (Å²) in [5.74, 6) is -0.716. The lowest BCUT2D eigenvalue weighted by atomic mass is 10.2. The predicted molar refractivity (Wildman–Crippen MR) is 57.0 cm³/mol. The lowest BCUT2D eigenvalue weighted by Crippen LogP contribution is -2.29. The highest BCUT2D eigenvalue weighted by Crippen LogP contribution is 2.36. The first-order valence-electron chi connectivity index (χ1n) is 4.75. The third-order valence-corrected chi connectivity index (χ3v) is 4.43. The molecule has 0 fully saturated rings. The van der Waals surface area contributed by atoms with Gasteiger partial charge in [0.05, 0.1) is 10.5 Å². The summed E-state index contributed by atoms with van der Waals surface area (Å²) in [5, 5.41) is 10.8. The number of amides is 1. The standard InChI is InChI=1S/C9H8N2O5S/c1-2-10-9(12)6-4-3-5-7(11(13)14)8(6)17(10,15)16/h3-5H,2H2,1H3. The normalized spacial score (nSPS) is 17.0. The summed E-state index contributed by atoms with van der Waals surface area (Å²) in [5.41, 5.74) is -0.701. The molecule has 0 aliphatic carbocycles. The average molecular weight is 256 g/mol. The molecule has 0 saturated heterocycles. The number of fused-ring (bicyclic) bond motifs is 1. The first-order valence-corrected chi connectivity index (χ1v) is 6.19. The Balaban J connectivity index is 2.83. The number of benzene rings is 1. The zero-order valence-corrected chi connectivity index (χ0v) is 9.60. The second-order valence-corrected chi connectivity index (χ2v) is 5.19. The predicted octanol–water partition coefficient (Wildman–Crippen LogP) is 0.759. The fourth-order valence-corrected chi connectivity index (χ4v) is 3.49. The maximum absolute atomic E-state index is 12.0. The minimum atomic E-state index is -4.08. The van der Waals surface area contributed by atoms with Crippen LogP contribution in [0.4, 0.5) is 5.69 Å². The molecule has 1 aromatic carbocycles. The molecule has 0 spiro atoms. The van der Waals surface area contributed by atoms with Crippen LogP contribution in [0, 0.1) is 10.1 Å². The molecule has 90 valence electrons. The van der Waals surface area contributed by atoms with Gasteiger partial charge in [0.1, 0.15) is 0 Å². The van der Waals surface area contributed by atoms with E-state index in [1.807, 2.05) is 0 Å². The molecular formula is C9H8N2O5S. The van der Waals surface area contributed by atoms with E-state index in [2.05, 4.69) is 0 Å². The number of rotatable bonds is 2. The Kier molecular flexibility index (Phi) is 2.39. The van der Waals surface area contributed by atoms with Gasteiger partial charge >= 0.3 is 0 Å². The molecule has 0 bridgehead atoms. The number of carbonyl (C=O) groups is 1. The Labute approximate surface area is 96.9 Å². The second-order valence-electron chi connectivity index (χ2n) is 3.39. The Morgan fingerprint density at radius 2 is 2.06 bits per heavy atom. The first-order chi connectivity index (χ1) is 7.91. The van der Waals surface area contributed by atoms with Crippen molar-refractivity contribution in [2.24, 2.45) is 0 Å². The highest BCUT2D eigenvalue weighted by molar-refractivity contribution is 7.90. The van der Waals surface area contributed by atoms with Crippen molar-refractivity contribution >= 4 is 21.6 Å². The molecule has 1 aliphatic rings. The molecule has 1 aromatic rings. The van der Waals surface area contributed by atoms with Gasteiger partial charge in [-0.25, -0.2) is 12.7 Å². The summed E-state index contributed by atoms with van der Waals surface area (Å²) in [6.45, 7) is 1.44. The van der Waals surface area contributed by atoms with Gasteiger partial charge in [0, 0.05) is 12.6 Å². The van der Waals surface area contributed by atoms with Crippen molar-refractivity contribution in [1.29, 1.82) is 0 Å². The third kappa shape index (κ3) is 1.41. The van der Waals surface area contributed by atoms with Gasteiger partial charge in [0.15, 0.2) is 4.90 Å². The Hall–Kier alpha value is -1.96. The summed E-state index contributed by atoms with van der Waals surface area (Å²) in [6.07, 6.45) is 0. The van der Waals surface area contributed by atoms with Gasteiger partial charge in [-0.2, -0.15) is 0 Å². The van der Waals surface area contributed by atoms with Crippen molar-refractivity contribution < 1.29 is 18.1 Å². The number of sulfonamides is 1. The van der Waals surface area contributed by atoms with Crippen molar-refractivity contribution in [3.05, 3.63) is 33.9 Å². The van der Waals surface area contributed by atoms with Gasteiger partial charge in [0.2, 0.25) is 0 Å². The molecule has 8 heteroatoms. The van der Waals surface area contributed by atoms with Crippen molar-refractivity contribution in [3.63, 3.8) is 0 Å². The molecule has 0 radical (unpaired) electrons. The average Bonchev–Trinajstić information content (AvgIpc) is 2.47. The molecule has 0 saturated carbocycles. The van der Waals surface area contributed by atoms with E-state index in [9.17, 15) is 23.3 Å². The maximum atomic E-state index is 12.0. The van der Waals surface area contributed by atoms with E-state index in [-0.39, 0.29) is 12.1 Å². The van der Waals surface area contributed by atoms with Gasteiger partial charge in [-0.1, -0.05) is 6.07 Å². The second kappa shape index (κ2) is 3.52. The Morgan fingerprint density at radius 3 is 2.59 bits per heavy atom. The van der Waals surface area contributed by atoms with Crippen LogP contribution in [-0.2, 0) is 10.0 Å². The number of nitro benzene ring substituents is 1. The molecule has 0 atom stereocenters. The minimum Gasteiger partial charge on any atom is -0.268 e. The fourth-order valence-electron chi connectivity index (χ4n) is 1.78. The van der Waals surface area contributed by atoms with Crippen LogP contribution < -0.4 is 0 Å². The van der Waals surface area contributed by atoms with Crippen LogP contribution in [-0.4, -0.2) is 30.1 Å². The smallest absolute Gasteiger partial charge is 0.268 e. The maximum Gasteiger partial charge on any atom is 0.290 e. The third-order valence-electron chi connectivity index (χ3n) is 2.48. The fraction of sp³-hybridized carbons (Fsp3) is 0.222. The number of hydrogen-bond donors (Lipinski definition) is 0. The molecule has 0 unspecified atom stereocenters. The topological polar surface area (TPSA) is 97.6 Å². The number of nitro groups is 1. The Morgan fingerprint density at radius 1 is 1.41 bits per heavy atom. The van der Waals surface area contributed by atoms with Crippen molar-refractivity contribution in [1.82, 2.24) is 4.31 Å². The zero-order chi connectivity index (χ0) is 12.8. The summed E-state index contributed by atoms with van der Waals surface area (Å²) < 4.78 is 24.5. The molecule has 0 aromatic heterocycles. The van der Waals surface area contributed by atoms with Crippen LogP contribution in [0.25, 0.3) is 0 Å². The van der Waals surface area contributed by atoms with Crippen molar-refractivity contribution in [3.8, 4) is 0 Å². The quantitative estimate of drug-likeness (QED) is 0.574. The van der Waals surface area contributed by atoms with Gasteiger partial charge in [0.25, 0.3) is 21.6 Å². The van der Waals surface area contributed by atoms with E-state index in [1.54, 1.807) is 0 Å². The molecular weight excluding hydrogens is 248 g/mol. The minimum absolute atomic E-state index is 0.0486. The van der Waals surface area contributed by atoms with Gasteiger partial charge < -0.3 is 0 Å². The van der Waals surface area contributed by atoms with Crippen molar-refractivity contribution in [2.75, 3.05) is 6.54 Å². The highest BCUT2D eigenvalue weighted by atomic mass is 32.2. The Bertz CT molecular complexity index is 622.